The maximum absolute atomic E-state index is 12.5. The van der Waals surface area contributed by atoms with Gasteiger partial charge < -0.3 is 19.1 Å². The Kier molecular flexibility index (Phi) is 4.76. The van der Waals surface area contributed by atoms with Crippen molar-refractivity contribution in [3.8, 4) is 0 Å². The van der Waals surface area contributed by atoms with E-state index in [0.29, 0.717) is 24.5 Å². The van der Waals surface area contributed by atoms with Crippen molar-refractivity contribution in [2.24, 2.45) is 0 Å². The van der Waals surface area contributed by atoms with Crippen molar-refractivity contribution in [2.75, 3.05) is 5.75 Å². The van der Waals surface area contributed by atoms with Gasteiger partial charge in [-0.15, -0.1) is 11.8 Å². The monoisotopic (exact) mass is 334 g/mol. The highest BCUT2D eigenvalue weighted by atomic mass is 32.2. The van der Waals surface area contributed by atoms with Gasteiger partial charge in [0.15, 0.2) is 0 Å². The molecule has 0 aliphatic carbocycles. The van der Waals surface area contributed by atoms with E-state index in [0.717, 1.165) is 5.56 Å². The highest BCUT2D eigenvalue weighted by Gasteiger charge is 2.41. The molecule has 7 heteroatoms. The minimum atomic E-state index is -0.484. The largest absolute Gasteiger partial charge is 0.472 e. The molecule has 1 aliphatic heterocycles. The number of thioether (sulfide) groups is 1. The SMILES string of the molecule is CCC(=O)N1C(C(=O)NCc2ccco2)CSC1c1ccoc1. The lowest BCUT2D eigenvalue weighted by Gasteiger charge is -2.27. The molecule has 0 aromatic carbocycles. The second kappa shape index (κ2) is 6.95. The number of rotatable bonds is 5. The van der Waals surface area contributed by atoms with E-state index < -0.39 is 6.04 Å². The van der Waals surface area contributed by atoms with E-state index in [1.165, 1.54) is 0 Å². The van der Waals surface area contributed by atoms with Gasteiger partial charge >= 0.3 is 0 Å². The molecule has 6 nitrogen and oxygen atoms in total. The van der Waals surface area contributed by atoms with Crippen LogP contribution in [0.4, 0.5) is 0 Å². The van der Waals surface area contributed by atoms with Crippen LogP contribution in [0.2, 0.25) is 0 Å². The molecule has 1 saturated heterocycles. The normalized spacial score (nSPS) is 20.7. The highest BCUT2D eigenvalue weighted by molar-refractivity contribution is 7.99. The van der Waals surface area contributed by atoms with Crippen LogP contribution < -0.4 is 5.32 Å². The van der Waals surface area contributed by atoms with Crippen LogP contribution in [0.3, 0.4) is 0 Å². The van der Waals surface area contributed by atoms with Crippen molar-refractivity contribution < 1.29 is 18.4 Å². The third-order valence-corrected chi connectivity index (χ3v) is 5.06. The number of hydrogen-bond donors (Lipinski definition) is 1. The Morgan fingerprint density at radius 1 is 1.39 bits per heavy atom. The van der Waals surface area contributed by atoms with Crippen molar-refractivity contribution in [2.45, 2.75) is 31.3 Å². The van der Waals surface area contributed by atoms with Crippen LogP contribution >= 0.6 is 11.8 Å². The first-order chi connectivity index (χ1) is 11.2. The van der Waals surface area contributed by atoms with Crippen LogP contribution in [0.25, 0.3) is 0 Å². The molecule has 1 aliphatic rings. The molecule has 2 amide bonds. The van der Waals surface area contributed by atoms with Gasteiger partial charge in [0.1, 0.15) is 17.2 Å². The fraction of sp³-hybridized carbons (Fsp3) is 0.375. The first-order valence-corrected chi connectivity index (χ1v) is 8.50. The summed E-state index contributed by atoms with van der Waals surface area (Å²) in [5.74, 6) is 1.04. The van der Waals surface area contributed by atoms with Crippen molar-refractivity contribution in [1.29, 1.82) is 0 Å². The average Bonchev–Trinajstić information content (AvgIpc) is 3.32. The van der Waals surface area contributed by atoms with Crippen LogP contribution in [-0.4, -0.2) is 28.5 Å². The van der Waals surface area contributed by atoms with Crippen molar-refractivity contribution in [3.63, 3.8) is 0 Å². The summed E-state index contributed by atoms with van der Waals surface area (Å²) in [5, 5.41) is 2.66. The average molecular weight is 334 g/mol. The van der Waals surface area contributed by atoms with Crippen molar-refractivity contribution in [3.05, 3.63) is 48.3 Å². The van der Waals surface area contributed by atoms with Crippen LogP contribution in [0.1, 0.15) is 30.0 Å². The highest BCUT2D eigenvalue weighted by Crippen LogP contribution is 2.41. The second-order valence-corrected chi connectivity index (χ2v) is 6.32. The number of nitrogens with one attached hydrogen (secondary N) is 1. The molecule has 3 rings (SSSR count). The van der Waals surface area contributed by atoms with Gasteiger partial charge in [0.25, 0.3) is 0 Å². The van der Waals surface area contributed by atoms with Crippen LogP contribution in [-0.2, 0) is 16.1 Å². The smallest absolute Gasteiger partial charge is 0.244 e. The minimum Gasteiger partial charge on any atom is -0.472 e. The summed E-state index contributed by atoms with van der Waals surface area (Å²) in [6.07, 6.45) is 5.12. The first kappa shape index (κ1) is 15.7. The lowest BCUT2D eigenvalue weighted by Crippen LogP contribution is -2.47. The standard InChI is InChI=1S/C16H18N2O4S/c1-2-14(19)18-13(10-23-16(18)11-5-7-21-9-11)15(20)17-8-12-4-3-6-22-12/h3-7,9,13,16H,2,8,10H2,1H3,(H,17,20). The summed E-state index contributed by atoms with van der Waals surface area (Å²) < 4.78 is 10.3. The maximum atomic E-state index is 12.5. The summed E-state index contributed by atoms with van der Waals surface area (Å²) >= 11 is 1.57. The van der Waals surface area contributed by atoms with Crippen LogP contribution in [0.15, 0.2) is 45.8 Å². The molecule has 2 aromatic heterocycles. The molecule has 2 atom stereocenters. The van der Waals surface area contributed by atoms with E-state index in [1.807, 2.05) is 6.07 Å². The summed E-state index contributed by atoms with van der Waals surface area (Å²) in [7, 11) is 0. The molecule has 0 saturated carbocycles. The van der Waals surface area contributed by atoms with Gasteiger partial charge in [0.2, 0.25) is 11.8 Å². The van der Waals surface area contributed by atoms with E-state index in [9.17, 15) is 9.59 Å². The van der Waals surface area contributed by atoms with Crippen molar-refractivity contribution in [1.82, 2.24) is 10.2 Å². The van der Waals surface area contributed by atoms with Gasteiger partial charge in [0.05, 0.1) is 25.3 Å². The van der Waals surface area contributed by atoms with E-state index >= 15 is 0 Å². The second-order valence-electron chi connectivity index (χ2n) is 5.21. The molecular weight excluding hydrogens is 316 g/mol. The first-order valence-electron chi connectivity index (χ1n) is 7.45. The maximum Gasteiger partial charge on any atom is 0.244 e. The summed E-state index contributed by atoms with van der Waals surface area (Å²) in [4.78, 5) is 26.5. The zero-order valence-corrected chi connectivity index (χ0v) is 13.5. The molecule has 3 heterocycles. The zero-order valence-electron chi connectivity index (χ0n) is 12.7. The Balaban J connectivity index is 1.72. The Labute approximate surface area is 138 Å². The molecule has 0 spiro atoms. The summed E-state index contributed by atoms with van der Waals surface area (Å²) in [6, 6.07) is 4.92. The lowest BCUT2D eigenvalue weighted by molar-refractivity contribution is -0.139. The summed E-state index contributed by atoms with van der Waals surface area (Å²) in [6.45, 7) is 2.12. The molecule has 1 N–H and O–H groups in total. The molecule has 23 heavy (non-hydrogen) atoms. The zero-order chi connectivity index (χ0) is 16.2. The lowest BCUT2D eigenvalue weighted by atomic mass is 10.2. The number of hydrogen-bond acceptors (Lipinski definition) is 5. The number of carbonyl (C=O) groups is 2. The predicted octanol–water partition coefficient (Wildman–Crippen LogP) is 2.54. The van der Waals surface area contributed by atoms with E-state index in [1.54, 1.807) is 54.5 Å². The molecule has 2 unspecified atom stereocenters. The van der Waals surface area contributed by atoms with Gasteiger partial charge in [-0.25, -0.2) is 0 Å². The molecule has 1 fully saturated rings. The van der Waals surface area contributed by atoms with Crippen molar-refractivity contribution >= 4 is 23.6 Å². The van der Waals surface area contributed by atoms with Gasteiger partial charge in [-0.05, 0) is 18.2 Å². The number of amides is 2. The van der Waals surface area contributed by atoms with Gasteiger partial charge in [-0.3, -0.25) is 9.59 Å². The molecular formula is C16H18N2O4S. The third-order valence-electron chi connectivity index (χ3n) is 3.74. The molecule has 122 valence electrons. The predicted molar refractivity (Wildman–Crippen MR) is 85.4 cm³/mol. The molecule has 2 aromatic rings. The molecule has 0 radical (unpaired) electrons. The Hall–Kier alpha value is -2.15. The number of nitrogens with zero attached hydrogens (tertiary/aromatic N) is 1. The fourth-order valence-corrected chi connectivity index (χ4v) is 4.00. The summed E-state index contributed by atoms with van der Waals surface area (Å²) in [5.41, 5.74) is 0.901. The Morgan fingerprint density at radius 2 is 2.26 bits per heavy atom. The molecule has 0 bridgehead atoms. The van der Waals surface area contributed by atoms with E-state index in [-0.39, 0.29) is 17.2 Å². The Morgan fingerprint density at radius 3 is 2.91 bits per heavy atom. The van der Waals surface area contributed by atoms with E-state index in [4.69, 9.17) is 8.83 Å². The Bertz CT molecular complexity index is 654. The third kappa shape index (κ3) is 3.29. The van der Waals surface area contributed by atoms with Gasteiger partial charge in [0, 0.05) is 17.7 Å². The van der Waals surface area contributed by atoms with Crippen LogP contribution in [0.5, 0.6) is 0 Å². The van der Waals surface area contributed by atoms with Gasteiger partial charge in [-0.2, -0.15) is 0 Å². The minimum absolute atomic E-state index is 0.0423. The van der Waals surface area contributed by atoms with Crippen LogP contribution in [0, 0.1) is 0 Å². The number of furan rings is 2. The van der Waals surface area contributed by atoms with E-state index in [2.05, 4.69) is 5.32 Å². The quantitative estimate of drug-likeness (QED) is 0.909. The number of carbonyl (C=O) groups excluding carboxylic acids is 2. The topological polar surface area (TPSA) is 75.7 Å². The fourth-order valence-electron chi connectivity index (χ4n) is 2.57. The van der Waals surface area contributed by atoms with Gasteiger partial charge in [-0.1, -0.05) is 6.92 Å².